The van der Waals surface area contributed by atoms with Gasteiger partial charge in [0.2, 0.25) is 5.91 Å². The molecule has 4 rings (SSSR count). The van der Waals surface area contributed by atoms with Gasteiger partial charge in [0.1, 0.15) is 10.8 Å². The molecule has 0 fully saturated rings. The smallest absolute Gasteiger partial charge is 0.346 e. The van der Waals surface area contributed by atoms with E-state index in [1.54, 1.807) is 24.3 Å². The number of nitrogens with zero attached hydrogens (tertiary/aromatic N) is 1. The summed E-state index contributed by atoms with van der Waals surface area (Å²) in [6.07, 6.45) is 1.56. The third-order valence-corrected chi connectivity index (χ3v) is 7.54. The first-order valence-electron chi connectivity index (χ1n) is 12.1. The first kappa shape index (κ1) is 27.4. The highest BCUT2D eigenvalue weighted by Gasteiger charge is 2.26. The Labute approximate surface area is 225 Å². The fourth-order valence-corrected chi connectivity index (χ4v) is 5.53. The molecule has 38 heavy (non-hydrogen) atoms. The number of benzene rings is 3. The molecule has 0 aliphatic heterocycles. The molecule has 198 valence electrons. The van der Waals surface area contributed by atoms with Crippen LogP contribution < -0.4 is 10.0 Å². The quantitative estimate of drug-likeness (QED) is 0.213. The van der Waals surface area contributed by atoms with Crippen LogP contribution in [0.15, 0.2) is 84.2 Å². The summed E-state index contributed by atoms with van der Waals surface area (Å²) < 4.78 is 47.3. The maximum Gasteiger partial charge on any atom is 0.357 e. The van der Waals surface area contributed by atoms with Crippen molar-refractivity contribution in [3.63, 3.8) is 0 Å². The van der Waals surface area contributed by atoms with Gasteiger partial charge in [0.15, 0.2) is 0 Å². The second kappa shape index (κ2) is 12.3. The van der Waals surface area contributed by atoms with Crippen LogP contribution >= 0.6 is 11.3 Å². The molecule has 1 amide bonds. The van der Waals surface area contributed by atoms with Gasteiger partial charge in [0.05, 0.1) is 23.3 Å². The van der Waals surface area contributed by atoms with E-state index in [9.17, 15) is 17.6 Å². The van der Waals surface area contributed by atoms with E-state index >= 15 is 0 Å². The van der Waals surface area contributed by atoms with Crippen LogP contribution in [0.2, 0.25) is 0 Å². The lowest BCUT2D eigenvalue weighted by molar-refractivity contribution is -0.123. The van der Waals surface area contributed by atoms with E-state index in [4.69, 9.17) is 9.54 Å². The van der Waals surface area contributed by atoms with E-state index in [1.807, 2.05) is 47.4 Å². The summed E-state index contributed by atoms with van der Waals surface area (Å²) in [6.45, 7) is 2.01. The highest BCUT2D eigenvalue weighted by molar-refractivity contribution is 7.87. The normalized spacial score (nSPS) is 13.0. The maximum atomic E-state index is 14.1. The van der Waals surface area contributed by atoms with Crippen molar-refractivity contribution in [3.8, 4) is 0 Å². The van der Waals surface area contributed by atoms with E-state index < -0.39 is 28.1 Å². The number of hydrogen-bond donors (Lipinski definition) is 3. The van der Waals surface area contributed by atoms with Gasteiger partial charge in [0, 0.05) is 5.38 Å². The SMILES string of the molecule is CCc1csc([C@H](Cc2ccc(NS(=O)(=O)O)cc2)NC(=O)C(Cc2ccccc2)c2cccc(F)c2)n1. The Morgan fingerprint density at radius 1 is 1.00 bits per heavy atom. The maximum absolute atomic E-state index is 14.1. The highest BCUT2D eigenvalue weighted by Crippen LogP contribution is 2.27. The topological polar surface area (TPSA) is 108 Å². The van der Waals surface area contributed by atoms with E-state index in [2.05, 4.69) is 5.32 Å². The molecule has 3 N–H and O–H groups in total. The Hall–Kier alpha value is -3.60. The van der Waals surface area contributed by atoms with Crippen molar-refractivity contribution in [2.75, 3.05) is 4.72 Å². The number of amides is 1. The first-order chi connectivity index (χ1) is 18.2. The summed E-state index contributed by atoms with van der Waals surface area (Å²) in [4.78, 5) is 18.5. The lowest BCUT2D eigenvalue weighted by Gasteiger charge is -2.23. The molecule has 1 heterocycles. The molecule has 0 aliphatic carbocycles. The van der Waals surface area contributed by atoms with E-state index in [0.29, 0.717) is 18.4 Å². The zero-order chi connectivity index (χ0) is 27.1. The van der Waals surface area contributed by atoms with Crippen molar-refractivity contribution in [1.29, 1.82) is 0 Å². The second-order valence-electron chi connectivity index (χ2n) is 8.87. The van der Waals surface area contributed by atoms with Gasteiger partial charge >= 0.3 is 10.3 Å². The number of hydrogen-bond acceptors (Lipinski definition) is 5. The van der Waals surface area contributed by atoms with Gasteiger partial charge in [-0.15, -0.1) is 11.3 Å². The second-order valence-corrected chi connectivity index (χ2v) is 10.9. The number of aromatic nitrogens is 1. The van der Waals surface area contributed by atoms with Gasteiger partial charge < -0.3 is 5.32 Å². The predicted molar refractivity (Wildman–Crippen MR) is 147 cm³/mol. The number of aryl methyl sites for hydroxylation is 1. The van der Waals surface area contributed by atoms with Crippen molar-refractivity contribution in [2.24, 2.45) is 0 Å². The fraction of sp³-hybridized carbons (Fsp3) is 0.214. The minimum atomic E-state index is -4.38. The summed E-state index contributed by atoms with van der Waals surface area (Å²) in [7, 11) is -4.38. The number of halogens is 1. The number of carbonyl (C=O) groups excluding carboxylic acids is 1. The molecule has 1 aromatic heterocycles. The monoisotopic (exact) mass is 553 g/mol. The van der Waals surface area contributed by atoms with Crippen molar-refractivity contribution < 1.29 is 22.2 Å². The van der Waals surface area contributed by atoms with Gasteiger partial charge in [-0.3, -0.25) is 14.1 Å². The average molecular weight is 554 g/mol. The molecule has 0 aliphatic rings. The minimum Gasteiger partial charge on any atom is -0.346 e. The Morgan fingerprint density at radius 3 is 2.34 bits per heavy atom. The number of nitrogens with one attached hydrogen (secondary N) is 2. The summed E-state index contributed by atoms with van der Waals surface area (Å²) in [5.74, 6) is -1.28. The van der Waals surface area contributed by atoms with Gasteiger partial charge in [-0.25, -0.2) is 9.37 Å². The Balaban J connectivity index is 1.61. The van der Waals surface area contributed by atoms with Crippen LogP contribution in [-0.4, -0.2) is 23.9 Å². The Morgan fingerprint density at radius 2 is 1.71 bits per heavy atom. The van der Waals surface area contributed by atoms with Crippen LogP contribution in [0.25, 0.3) is 0 Å². The van der Waals surface area contributed by atoms with Crippen molar-refractivity contribution >= 4 is 33.2 Å². The van der Waals surface area contributed by atoms with E-state index in [1.165, 1.54) is 35.6 Å². The zero-order valence-corrected chi connectivity index (χ0v) is 22.3. The Bertz CT molecular complexity index is 1480. The molecule has 0 radical (unpaired) electrons. The first-order valence-corrected chi connectivity index (χ1v) is 14.4. The van der Waals surface area contributed by atoms with Crippen LogP contribution in [0.1, 0.15) is 46.3 Å². The van der Waals surface area contributed by atoms with Crippen LogP contribution in [0, 0.1) is 5.82 Å². The molecule has 3 aromatic carbocycles. The molecule has 0 bridgehead atoms. The molecule has 0 saturated carbocycles. The van der Waals surface area contributed by atoms with Gasteiger partial charge in [-0.05, 0) is 60.2 Å². The number of carbonyl (C=O) groups is 1. The molecular formula is C28H28FN3O4S2. The largest absolute Gasteiger partial charge is 0.357 e. The van der Waals surface area contributed by atoms with E-state index in [0.717, 1.165) is 28.2 Å². The lowest BCUT2D eigenvalue weighted by atomic mass is 9.90. The van der Waals surface area contributed by atoms with E-state index in [-0.39, 0.29) is 11.6 Å². The molecule has 0 spiro atoms. The van der Waals surface area contributed by atoms with Crippen molar-refractivity contribution in [3.05, 3.63) is 117 Å². The molecule has 10 heteroatoms. The highest BCUT2D eigenvalue weighted by atomic mass is 32.2. The number of anilines is 1. The van der Waals surface area contributed by atoms with Crippen LogP contribution in [0.5, 0.6) is 0 Å². The Kier molecular flexibility index (Phi) is 8.88. The third-order valence-electron chi connectivity index (χ3n) is 6.04. The zero-order valence-electron chi connectivity index (χ0n) is 20.7. The number of rotatable bonds is 11. The molecular weight excluding hydrogens is 525 g/mol. The van der Waals surface area contributed by atoms with Crippen LogP contribution in [-0.2, 0) is 34.4 Å². The summed E-state index contributed by atoms with van der Waals surface area (Å²) >= 11 is 1.46. The predicted octanol–water partition coefficient (Wildman–Crippen LogP) is 5.49. The van der Waals surface area contributed by atoms with Crippen molar-refractivity contribution in [2.45, 2.75) is 38.1 Å². The molecule has 2 atom stereocenters. The van der Waals surface area contributed by atoms with Crippen LogP contribution in [0.3, 0.4) is 0 Å². The fourth-order valence-electron chi connectivity index (χ4n) is 4.15. The van der Waals surface area contributed by atoms with Gasteiger partial charge in [-0.1, -0.05) is 61.5 Å². The van der Waals surface area contributed by atoms with Crippen molar-refractivity contribution in [1.82, 2.24) is 10.3 Å². The molecule has 4 aromatic rings. The third kappa shape index (κ3) is 7.70. The summed E-state index contributed by atoms with van der Waals surface area (Å²) in [5, 5.41) is 5.85. The summed E-state index contributed by atoms with van der Waals surface area (Å²) in [5.41, 5.74) is 3.50. The standard InChI is InChI=1S/C28H28FN3O4S2/c1-2-23-18-37-28(30-23)26(16-20-11-13-24(14-12-20)32-38(34,35)36)31-27(33)25(15-19-7-4-3-5-8-19)21-9-6-10-22(29)17-21/h3-14,17-18,25-26,32H,2,15-16H2,1H3,(H,31,33)(H,34,35,36)/t25?,26-/m0/s1. The average Bonchev–Trinajstić information content (AvgIpc) is 3.37. The number of thiazole rings is 1. The summed E-state index contributed by atoms with van der Waals surface area (Å²) in [6, 6.07) is 21.7. The minimum absolute atomic E-state index is 0.216. The molecule has 7 nitrogen and oxygen atoms in total. The van der Waals surface area contributed by atoms with Gasteiger partial charge in [-0.2, -0.15) is 8.42 Å². The van der Waals surface area contributed by atoms with Gasteiger partial charge in [0.25, 0.3) is 0 Å². The van der Waals surface area contributed by atoms with Crippen LogP contribution in [0.4, 0.5) is 10.1 Å². The molecule has 1 unspecified atom stereocenters. The molecule has 0 saturated heterocycles. The lowest BCUT2D eigenvalue weighted by Crippen LogP contribution is -2.35.